The average Bonchev–Trinajstić information content (AvgIpc) is 2.41. The van der Waals surface area contributed by atoms with Crippen LogP contribution in [0, 0.1) is 5.92 Å². The van der Waals surface area contributed by atoms with Crippen LogP contribution in [0.4, 0.5) is 13.2 Å². The fourth-order valence-electron chi connectivity index (χ4n) is 2.29. The maximum atomic E-state index is 11.9. The number of hydrogen-bond acceptors (Lipinski definition) is 1. The standard InChI is InChI=1S/C8H16F3N.C8H18.C2H6/c1-3-5-12(6-4-2)7-8(9,10)11;1-4-6-8(3)7-5-2;1-2/h3-7H2,1-2H3;8H,4-7H2,1-3H3;1-2H3. The number of rotatable bonds is 9. The first kappa shape index (κ1) is 26.6. The van der Waals surface area contributed by atoms with Gasteiger partial charge in [0, 0.05) is 0 Å². The molecule has 0 radical (unpaired) electrons. The van der Waals surface area contributed by atoms with E-state index in [2.05, 4.69) is 20.8 Å². The molecule has 0 fully saturated rings. The van der Waals surface area contributed by atoms with Gasteiger partial charge in [0.15, 0.2) is 0 Å². The second kappa shape index (κ2) is 18.8. The minimum absolute atomic E-state index is 0.535. The lowest BCUT2D eigenvalue weighted by molar-refractivity contribution is -0.145. The Kier molecular flexibility index (Phi) is 22.8. The van der Waals surface area contributed by atoms with E-state index in [1.807, 2.05) is 27.7 Å². The highest BCUT2D eigenvalue weighted by Crippen LogP contribution is 2.16. The summed E-state index contributed by atoms with van der Waals surface area (Å²) in [6.45, 7) is 14.9. The first-order chi connectivity index (χ1) is 10.3. The van der Waals surface area contributed by atoms with E-state index in [9.17, 15) is 13.2 Å². The van der Waals surface area contributed by atoms with Gasteiger partial charge in [-0.15, -0.1) is 0 Å². The molecule has 0 heterocycles. The third kappa shape index (κ3) is 24.7. The van der Waals surface area contributed by atoms with Crippen LogP contribution in [0.5, 0.6) is 0 Å². The van der Waals surface area contributed by atoms with Crippen LogP contribution in [-0.4, -0.2) is 30.7 Å². The van der Waals surface area contributed by atoms with Crippen molar-refractivity contribution >= 4 is 0 Å². The summed E-state index contributed by atoms with van der Waals surface area (Å²) in [7, 11) is 0. The molecule has 0 aliphatic rings. The van der Waals surface area contributed by atoms with Crippen molar-refractivity contribution in [1.29, 1.82) is 0 Å². The fourth-order valence-corrected chi connectivity index (χ4v) is 2.29. The van der Waals surface area contributed by atoms with Crippen LogP contribution in [0.25, 0.3) is 0 Å². The Morgan fingerprint density at radius 3 is 1.36 bits per heavy atom. The lowest BCUT2D eigenvalue weighted by Gasteiger charge is -2.21. The van der Waals surface area contributed by atoms with Crippen LogP contribution >= 0.6 is 0 Å². The van der Waals surface area contributed by atoms with Gasteiger partial charge in [0.2, 0.25) is 0 Å². The maximum Gasteiger partial charge on any atom is 0.401 e. The van der Waals surface area contributed by atoms with Crippen LogP contribution in [0.1, 0.15) is 87.0 Å². The minimum Gasteiger partial charge on any atom is -0.295 e. The molecule has 0 aliphatic carbocycles. The Balaban J connectivity index is -0.000000313. The summed E-state index contributed by atoms with van der Waals surface area (Å²) < 4.78 is 35.7. The molecule has 0 aliphatic heterocycles. The number of halogens is 3. The molecule has 0 saturated carbocycles. The summed E-state index contributed by atoms with van der Waals surface area (Å²) in [5.74, 6) is 0.963. The summed E-state index contributed by atoms with van der Waals surface area (Å²) in [4.78, 5) is 1.44. The van der Waals surface area contributed by atoms with Gasteiger partial charge < -0.3 is 0 Å². The van der Waals surface area contributed by atoms with E-state index in [0.29, 0.717) is 13.1 Å². The molecule has 22 heavy (non-hydrogen) atoms. The van der Waals surface area contributed by atoms with Crippen molar-refractivity contribution in [2.45, 2.75) is 93.2 Å². The molecule has 138 valence electrons. The zero-order valence-corrected chi connectivity index (χ0v) is 16.0. The fraction of sp³-hybridized carbons (Fsp3) is 1.00. The molecule has 0 atom stereocenters. The third-order valence-electron chi connectivity index (χ3n) is 3.05. The van der Waals surface area contributed by atoms with Crippen LogP contribution in [0.2, 0.25) is 0 Å². The third-order valence-corrected chi connectivity index (χ3v) is 3.05. The monoisotopic (exact) mass is 327 g/mol. The van der Waals surface area contributed by atoms with E-state index in [-0.39, 0.29) is 0 Å². The van der Waals surface area contributed by atoms with Crippen LogP contribution in [0.3, 0.4) is 0 Å². The Morgan fingerprint density at radius 1 is 0.773 bits per heavy atom. The van der Waals surface area contributed by atoms with Crippen molar-refractivity contribution in [1.82, 2.24) is 4.90 Å². The minimum atomic E-state index is -4.05. The predicted molar refractivity (Wildman–Crippen MR) is 93.4 cm³/mol. The van der Waals surface area contributed by atoms with Gasteiger partial charge in [-0.1, -0.05) is 74.1 Å². The highest BCUT2D eigenvalue weighted by Gasteiger charge is 2.29. The molecule has 0 aromatic heterocycles. The van der Waals surface area contributed by atoms with Crippen molar-refractivity contribution in [3.05, 3.63) is 0 Å². The molecule has 1 nitrogen and oxygen atoms in total. The van der Waals surface area contributed by atoms with Gasteiger partial charge in [-0.3, -0.25) is 4.90 Å². The van der Waals surface area contributed by atoms with Crippen molar-refractivity contribution in [2.24, 2.45) is 5.92 Å². The summed E-state index contributed by atoms with van der Waals surface area (Å²) in [6, 6.07) is 0. The van der Waals surface area contributed by atoms with E-state index in [0.717, 1.165) is 18.8 Å². The van der Waals surface area contributed by atoms with Crippen LogP contribution in [-0.2, 0) is 0 Å². The molecule has 4 heteroatoms. The second-order valence-corrected chi connectivity index (χ2v) is 5.57. The van der Waals surface area contributed by atoms with Gasteiger partial charge in [-0.2, -0.15) is 13.2 Å². The smallest absolute Gasteiger partial charge is 0.295 e. The molecule has 0 aromatic carbocycles. The molecule has 0 rings (SSSR count). The van der Waals surface area contributed by atoms with Crippen molar-refractivity contribution in [2.75, 3.05) is 19.6 Å². The maximum absolute atomic E-state index is 11.9. The Morgan fingerprint density at radius 2 is 1.14 bits per heavy atom. The summed E-state index contributed by atoms with van der Waals surface area (Å²) in [5, 5.41) is 0. The molecule has 0 amide bonds. The van der Waals surface area contributed by atoms with E-state index in [1.165, 1.54) is 30.6 Å². The molecule has 0 aromatic rings. The second-order valence-electron chi connectivity index (χ2n) is 5.57. The average molecular weight is 328 g/mol. The quantitative estimate of drug-likeness (QED) is 0.444. The van der Waals surface area contributed by atoms with Gasteiger partial charge in [0.1, 0.15) is 0 Å². The number of hydrogen-bond donors (Lipinski definition) is 0. The summed E-state index contributed by atoms with van der Waals surface area (Å²) in [5.41, 5.74) is 0. The van der Waals surface area contributed by atoms with E-state index < -0.39 is 12.7 Å². The topological polar surface area (TPSA) is 3.24 Å². The van der Waals surface area contributed by atoms with E-state index >= 15 is 0 Å². The molecular formula is C18H40F3N. The van der Waals surface area contributed by atoms with Gasteiger partial charge in [0.25, 0.3) is 0 Å². The highest BCUT2D eigenvalue weighted by molar-refractivity contribution is 4.61. The molecule has 0 bridgehead atoms. The number of alkyl halides is 3. The summed E-state index contributed by atoms with van der Waals surface area (Å²) in [6.07, 6.45) is 3.01. The zero-order valence-electron chi connectivity index (χ0n) is 16.0. The van der Waals surface area contributed by atoms with Crippen molar-refractivity contribution in [3.8, 4) is 0 Å². The highest BCUT2D eigenvalue weighted by atomic mass is 19.4. The van der Waals surface area contributed by atoms with Gasteiger partial charge in [-0.25, -0.2) is 0 Å². The lowest BCUT2D eigenvalue weighted by Crippen LogP contribution is -2.35. The van der Waals surface area contributed by atoms with Gasteiger partial charge in [0.05, 0.1) is 6.54 Å². The normalized spacial score (nSPS) is 10.9. The van der Waals surface area contributed by atoms with Crippen molar-refractivity contribution < 1.29 is 13.2 Å². The first-order valence-electron chi connectivity index (χ1n) is 9.09. The van der Waals surface area contributed by atoms with Gasteiger partial charge >= 0.3 is 6.18 Å². The number of nitrogens with zero attached hydrogens (tertiary/aromatic N) is 1. The van der Waals surface area contributed by atoms with Crippen LogP contribution in [0.15, 0.2) is 0 Å². The SMILES string of the molecule is CC.CCCC(C)CCC.CCCN(CCC)CC(F)(F)F. The van der Waals surface area contributed by atoms with E-state index in [4.69, 9.17) is 0 Å². The molecule has 0 unspecified atom stereocenters. The Bertz CT molecular complexity index is 181. The van der Waals surface area contributed by atoms with Crippen molar-refractivity contribution in [3.63, 3.8) is 0 Å². The Labute approximate surface area is 137 Å². The molecule has 0 N–H and O–H groups in total. The Hall–Kier alpha value is -0.250. The summed E-state index contributed by atoms with van der Waals surface area (Å²) >= 11 is 0. The van der Waals surface area contributed by atoms with Gasteiger partial charge in [-0.05, 0) is 31.8 Å². The molecule has 0 spiro atoms. The largest absolute Gasteiger partial charge is 0.401 e. The van der Waals surface area contributed by atoms with E-state index in [1.54, 1.807) is 0 Å². The zero-order chi connectivity index (χ0) is 18.0. The molecule has 0 saturated heterocycles. The predicted octanol–water partition coefficient (Wildman–Crippen LogP) is 6.92. The van der Waals surface area contributed by atoms with Crippen LogP contribution < -0.4 is 0 Å². The molecular weight excluding hydrogens is 287 g/mol. The lowest BCUT2D eigenvalue weighted by atomic mass is 10.0. The first-order valence-corrected chi connectivity index (χ1v) is 9.09.